The van der Waals surface area contributed by atoms with E-state index in [0.717, 1.165) is 40.3 Å². The second-order valence-corrected chi connectivity index (χ2v) is 13.6. The number of aliphatic imine (C=N–C) groups is 1. The van der Waals surface area contributed by atoms with E-state index in [-0.39, 0.29) is 18.3 Å². The Kier molecular flexibility index (Phi) is 11.6. The smallest absolute Gasteiger partial charge is 0.410 e. The van der Waals surface area contributed by atoms with E-state index in [0.29, 0.717) is 56.3 Å². The third-order valence-electron chi connectivity index (χ3n) is 8.65. The Morgan fingerprint density at radius 3 is 2.63 bits per heavy atom. The predicted molar refractivity (Wildman–Crippen MR) is 197 cm³/mol. The normalized spacial score (nSPS) is 15.4. The van der Waals surface area contributed by atoms with Crippen molar-refractivity contribution in [2.45, 2.75) is 64.6 Å². The van der Waals surface area contributed by atoms with E-state index in [1.807, 2.05) is 52.0 Å². The Balaban J connectivity index is 1.18. The van der Waals surface area contributed by atoms with Gasteiger partial charge in [-0.3, -0.25) is 4.79 Å². The summed E-state index contributed by atoms with van der Waals surface area (Å²) in [6.07, 6.45) is 8.33. The van der Waals surface area contributed by atoms with E-state index in [1.54, 1.807) is 48.8 Å². The third kappa shape index (κ3) is 9.63. The Morgan fingerprint density at radius 2 is 1.92 bits per heavy atom. The summed E-state index contributed by atoms with van der Waals surface area (Å²) in [6, 6.07) is 10.8. The number of allylic oxidation sites excluding steroid dienone is 2. The molecule has 51 heavy (non-hydrogen) atoms. The molecule has 2 aliphatic heterocycles. The van der Waals surface area contributed by atoms with Crippen LogP contribution in [0, 0.1) is 0 Å². The van der Waals surface area contributed by atoms with Gasteiger partial charge in [0.05, 0.1) is 18.3 Å². The minimum absolute atomic E-state index is 0.235. The number of hydrogen-bond acceptors (Lipinski definition) is 11. The highest BCUT2D eigenvalue weighted by atomic mass is 16.6. The lowest BCUT2D eigenvalue weighted by molar-refractivity contribution is -0.0517. The molecule has 13 heteroatoms. The van der Waals surface area contributed by atoms with Gasteiger partial charge in [-0.05, 0) is 82.0 Å². The second kappa shape index (κ2) is 16.1. The van der Waals surface area contributed by atoms with E-state index in [4.69, 9.17) is 24.7 Å². The van der Waals surface area contributed by atoms with Gasteiger partial charge < -0.3 is 40.2 Å². The first-order chi connectivity index (χ1) is 24.3. The average molecular weight is 698 g/mol. The largest absolute Gasteiger partial charge is 0.492 e. The summed E-state index contributed by atoms with van der Waals surface area (Å²) < 4.78 is 23.3. The van der Waals surface area contributed by atoms with Gasteiger partial charge in [-0.25, -0.2) is 19.8 Å². The molecule has 1 saturated heterocycles. The van der Waals surface area contributed by atoms with Crippen LogP contribution in [0.25, 0.3) is 5.57 Å². The van der Waals surface area contributed by atoms with Gasteiger partial charge in [0.25, 0.3) is 5.91 Å². The molecule has 0 atom stereocenters. The number of likely N-dealkylation sites (N-methyl/N-ethyl adjacent to an activating group) is 1. The van der Waals surface area contributed by atoms with Crippen LogP contribution in [-0.2, 0) is 22.4 Å². The number of aromatic nitrogens is 2. The van der Waals surface area contributed by atoms with Crippen LogP contribution in [-0.4, -0.2) is 77.7 Å². The highest BCUT2D eigenvalue weighted by Gasteiger charge is 2.42. The maximum atomic E-state index is 13.2. The fraction of sp³-hybridized carbons (Fsp3) is 0.395. The van der Waals surface area contributed by atoms with Crippen LogP contribution in [0.15, 0.2) is 72.3 Å². The van der Waals surface area contributed by atoms with Crippen molar-refractivity contribution in [2.75, 3.05) is 44.1 Å². The summed E-state index contributed by atoms with van der Waals surface area (Å²) in [4.78, 5) is 40.8. The number of fused-ring (bicyclic) bond motifs is 1. The molecule has 4 N–H and O–H groups in total. The molecule has 0 bridgehead atoms. The number of nitrogens with zero attached hydrogens (tertiary/aromatic N) is 4. The standard InChI is InChI=1S/C38H47N7O6/c1-25(12-16-40-26(2)39)31-23-43-34(30-13-17-49-33(30)31)42-21-27-8-7-9-28(20-27)35(46)44-32-11-10-29(22-41-32)50-24-38(14-18-48-19-15-38)45(6)36(47)51-37(3,4)5/h7-12,16,20,22-23H,2,13-15,17-19,21,24,39H2,1,3-6H3,(H,42,43)(H,41,44,46)/b25-12+,40-16-. The van der Waals surface area contributed by atoms with E-state index in [1.165, 1.54) is 0 Å². The number of ether oxygens (including phenoxy) is 4. The number of carbonyl (C=O) groups is 2. The molecule has 0 spiro atoms. The minimum atomic E-state index is -0.614. The number of benzene rings is 1. The maximum absolute atomic E-state index is 13.2. The van der Waals surface area contributed by atoms with Crippen LogP contribution >= 0.6 is 0 Å². The SMILES string of the molecule is C=C(N)/N=C\C=C(/C)c1cnc(NCc2cccc(C(=O)Nc3ccc(OCC4(N(C)C(=O)OC(C)(C)C)CCOCC4)cn3)c2)c2c1OCC2. The number of anilines is 2. The van der Waals surface area contributed by atoms with Crippen molar-refractivity contribution in [1.82, 2.24) is 14.9 Å². The van der Waals surface area contributed by atoms with E-state index in [9.17, 15) is 9.59 Å². The van der Waals surface area contributed by atoms with Gasteiger partial charge in [-0.1, -0.05) is 18.7 Å². The second-order valence-electron chi connectivity index (χ2n) is 13.6. The maximum Gasteiger partial charge on any atom is 0.410 e. The Labute approximate surface area is 298 Å². The van der Waals surface area contributed by atoms with Crippen molar-refractivity contribution < 1.29 is 28.5 Å². The first kappa shape index (κ1) is 36.8. The van der Waals surface area contributed by atoms with Crippen molar-refractivity contribution in [2.24, 2.45) is 10.7 Å². The molecule has 2 aromatic heterocycles. The average Bonchev–Trinajstić information content (AvgIpc) is 3.60. The van der Waals surface area contributed by atoms with Crippen LogP contribution in [0.2, 0.25) is 0 Å². The highest BCUT2D eigenvalue weighted by Crippen LogP contribution is 2.37. The summed E-state index contributed by atoms with van der Waals surface area (Å²) in [5, 5.41) is 6.27. The Hall–Kier alpha value is -5.43. The number of amides is 2. The fourth-order valence-corrected chi connectivity index (χ4v) is 5.76. The first-order valence-corrected chi connectivity index (χ1v) is 16.9. The molecule has 13 nitrogen and oxygen atoms in total. The van der Waals surface area contributed by atoms with Gasteiger partial charge in [0.1, 0.15) is 41.2 Å². The van der Waals surface area contributed by atoms with Gasteiger partial charge in [-0.15, -0.1) is 0 Å². The number of rotatable bonds is 12. The summed E-state index contributed by atoms with van der Waals surface area (Å²) in [7, 11) is 1.74. The molecule has 1 aromatic carbocycles. The van der Waals surface area contributed by atoms with Gasteiger partial charge in [0, 0.05) is 62.3 Å². The van der Waals surface area contributed by atoms with Gasteiger partial charge in [-0.2, -0.15) is 0 Å². The monoisotopic (exact) mass is 697 g/mol. The van der Waals surface area contributed by atoms with Crippen molar-refractivity contribution in [1.29, 1.82) is 0 Å². The lowest BCUT2D eigenvalue weighted by Gasteiger charge is -2.44. The van der Waals surface area contributed by atoms with Crippen LogP contribution in [0.5, 0.6) is 11.5 Å². The first-order valence-electron chi connectivity index (χ1n) is 16.9. The molecule has 5 rings (SSSR count). The van der Waals surface area contributed by atoms with E-state index in [2.05, 4.69) is 32.2 Å². The summed E-state index contributed by atoms with van der Waals surface area (Å²) in [6.45, 7) is 13.4. The molecule has 0 unspecified atom stereocenters. The third-order valence-corrected chi connectivity index (χ3v) is 8.65. The van der Waals surface area contributed by atoms with Crippen LogP contribution in [0.1, 0.15) is 67.6 Å². The Morgan fingerprint density at radius 1 is 1.14 bits per heavy atom. The topological polar surface area (TPSA) is 163 Å². The molecular formula is C38H47N7O6. The molecule has 0 saturated carbocycles. The van der Waals surface area contributed by atoms with Crippen molar-refractivity contribution in [3.05, 3.63) is 89.5 Å². The molecule has 3 aromatic rings. The highest BCUT2D eigenvalue weighted by molar-refractivity contribution is 6.03. The predicted octanol–water partition coefficient (Wildman–Crippen LogP) is 5.97. The van der Waals surface area contributed by atoms with Crippen molar-refractivity contribution in [3.8, 4) is 11.5 Å². The zero-order valence-electron chi connectivity index (χ0n) is 30.0. The summed E-state index contributed by atoms with van der Waals surface area (Å²) in [5.74, 6) is 2.38. The van der Waals surface area contributed by atoms with Crippen molar-refractivity contribution in [3.63, 3.8) is 0 Å². The molecule has 0 aliphatic carbocycles. The summed E-state index contributed by atoms with van der Waals surface area (Å²) in [5.41, 5.74) is 8.56. The summed E-state index contributed by atoms with van der Waals surface area (Å²) >= 11 is 0. The quantitative estimate of drug-likeness (QED) is 0.192. The number of hydrogen-bond donors (Lipinski definition) is 3. The van der Waals surface area contributed by atoms with E-state index >= 15 is 0 Å². The molecule has 2 aliphatic rings. The molecule has 4 heterocycles. The lowest BCUT2D eigenvalue weighted by atomic mass is 9.89. The lowest BCUT2D eigenvalue weighted by Crippen LogP contribution is -2.57. The number of nitrogens with one attached hydrogen (secondary N) is 2. The van der Waals surface area contributed by atoms with Crippen LogP contribution in [0.3, 0.4) is 0 Å². The zero-order valence-corrected chi connectivity index (χ0v) is 30.0. The molecular weight excluding hydrogens is 650 g/mol. The Bertz CT molecular complexity index is 1790. The molecule has 0 radical (unpaired) electrons. The number of pyridine rings is 2. The van der Waals surface area contributed by atoms with Crippen LogP contribution in [0.4, 0.5) is 16.4 Å². The number of carbonyl (C=O) groups excluding carboxylic acids is 2. The van der Waals surface area contributed by atoms with Crippen molar-refractivity contribution >= 4 is 35.4 Å². The van der Waals surface area contributed by atoms with Gasteiger partial charge in [0.2, 0.25) is 0 Å². The van der Waals surface area contributed by atoms with Crippen LogP contribution < -0.4 is 25.8 Å². The van der Waals surface area contributed by atoms with Gasteiger partial charge in [0.15, 0.2) is 0 Å². The van der Waals surface area contributed by atoms with E-state index < -0.39 is 17.2 Å². The zero-order chi connectivity index (χ0) is 36.6. The minimum Gasteiger partial charge on any atom is -0.492 e. The molecule has 270 valence electrons. The number of nitrogens with two attached hydrogens (primary N) is 1. The molecule has 1 fully saturated rings. The van der Waals surface area contributed by atoms with Gasteiger partial charge >= 0.3 is 6.09 Å². The molecule has 2 amide bonds. The fourth-order valence-electron chi connectivity index (χ4n) is 5.76.